The monoisotopic (exact) mass is 304 g/mol. The highest BCUT2D eigenvalue weighted by Gasteiger charge is 2.25. The molecule has 2 aromatic rings. The van der Waals surface area contributed by atoms with Gasteiger partial charge in [0, 0.05) is 39.3 Å². The third-order valence-corrected chi connectivity index (χ3v) is 5.12. The Morgan fingerprint density at radius 3 is 3.10 bits per heavy atom. The van der Waals surface area contributed by atoms with Crippen molar-refractivity contribution < 1.29 is 4.79 Å². The van der Waals surface area contributed by atoms with Gasteiger partial charge in [0.05, 0.1) is 10.2 Å². The molecule has 2 N–H and O–H groups in total. The minimum absolute atomic E-state index is 0.176. The summed E-state index contributed by atoms with van der Waals surface area (Å²) in [4.78, 5) is 20.2. The molecule has 1 aliphatic heterocycles. The number of carbonyl (C=O) groups excluding carboxylic acids is 1. The van der Waals surface area contributed by atoms with E-state index in [-0.39, 0.29) is 5.91 Å². The van der Waals surface area contributed by atoms with E-state index in [0.717, 1.165) is 47.1 Å². The zero-order valence-corrected chi connectivity index (χ0v) is 13.2. The van der Waals surface area contributed by atoms with E-state index in [9.17, 15) is 4.79 Å². The second kappa shape index (κ2) is 5.52. The smallest absolute Gasteiger partial charge is 0.219 e. The van der Waals surface area contributed by atoms with Crippen LogP contribution in [0.15, 0.2) is 18.2 Å². The van der Waals surface area contributed by atoms with Crippen LogP contribution < -0.4 is 10.6 Å². The summed E-state index contributed by atoms with van der Waals surface area (Å²) in [6, 6.07) is 5.82. The average molecular weight is 304 g/mol. The van der Waals surface area contributed by atoms with Crippen LogP contribution in [0, 0.1) is 5.92 Å². The van der Waals surface area contributed by atoms with Crippen molar-refractivity contribution in [3.05, 3.63) is 18.2 Å². The molecule has 1 aliphatic rings. The first-order valence-corrected chi connectivity index (χ1v) is 7.97. The molecule has 1 fully saturated rings. The summed E-state index contributed by atoms with van der Waals surface area (Å²) in [5, 5.41) is 1.01. The molecule has 1 aromatic heterocycles. The first kappa shape index (κ1) is 14.1. The van der Waals surface area contributed by atoms with Crippen molar-refractivity contribution in [1.29, 1.82) is 0 Å². The Balaban J connectivity index is 1.69. The lowest BCUT2D eigenvalue weighted by Crippen LogP contribution is -2.30. The van der Waals surface area contributed by atoms with Crippen molar-refractivity contribution in [2.75, 3.05) is 37.3 Å². The molecule has 1 amide bonds. The van der Waals surface area contributed by atoms with E-state index in [4.69, 9.17) is 5.73 Å². The van der Waals surface area contributed by atoms with E-state index in [2.05, 4.69) is 16.9 Å². The Labute approximate surface area is 128 Å². The SMILES string of the molecule is CC(=O)N1CCC(CN(C)c2nc3ccc(N)cc3s2)C1. The summed E-state index contributed by atoms with van der Waals surface area (Å²) in [6.45, 7) is 4.31. The largest absolute Gasteiger partial charge is 0.399 e. The number of likely N-dealkylation sites (tertiary alicyclic amines) is 1. The average Bonchev–Trinajstić information content (AvgIpc) is 3.04. The quantitative estimate of drug-likeness (QED) is 0.883. The minimum atomic E-state index is 0.176. The molecule has 1 unspecified atom stereocenters. The van der Waals surface area contributed by atoms with Gasteiger partial charge in [-0.05, 0) is 30.5 Å². The number of nitrogens with zero attached hydrogens (tertiary/aromatic N) is 3. The van der Waals surface area contributed by atoms with Crippen molar-refractivity contribution in [3.8, 4) is 0 Å². The van der Waals surface area contributed by atoms with Gasteiger partial charge >= 0.3 is 0 Å². The maximum Gasteiger partial charge on any atom is 0.219 e. The number of amides is 1. The lowest BCUT2D eigenvalue weighted by atomic mass is 10.1. The van der Waals surface area contributed by atoms with Gasteiger partial charge in [-0.3, -0.25) is 4.79 Å². The third kappa shape index (κ3) is 2.95. The zero-order valence-electron chi connectivity index (χ0n) is 12.4. The van der Waals surface area contributed by atoms with Gasteiger partial charge < -0.3 is 15.5 Å². The molecule has 0 spiro atoms. The molecule has 0 bridgehead atoms. The second-order valence-corrected chi connectivity index (χ2v) is 6.73. The number of aromatic nitrogens is 1. The molecule has 2 heterocycles. The van der Waals surface area contributed by atoms with E-state index in [1.54, 1.807) is 18.3 Å². The maximum atomic E-state index is 11.4. The topological polar surface area (TPSA) is 62.5 Å². The van der Waals surface area contributed by atoms with Crippen LogP contribution in [0.25, 0.3) is 10.2 Å². The normalized spacial score (nSPS) is 18.4. The van der Waals surface area contributed by atoms with Crippen LogP contribution >= 0.6 is 11.3 Å². The van der Waals surface area contributed by atoms with Gasteiger partial charge in [-0.15, -0.1) is 0 Å². The first-order valence-electron chi connectivity index (χ1n) is 7.15. The first-order chi connectivity index (χ1) is 10.0. The summed E-state index contributed by atoms with van der Waals surface area (Å²) in [6.07, 6.45) is 1.07. The number of nitrogen functional groups attached to an aromatic ring is 1. The third-order valence-electron chi connectivity index (χ3n) is 3.99. The molecule has 112 valence electrons. The van der Waals surface area contributed by atoms with Crippen molar-refractivity contribution in [2.24, 2.45) is 5.92 Å². The molecule has 5 nitrogen and oxygen atoms in total. The number of hydrogen-bond donors (Lipinski definition) is 1. The Morgan fingerprint density at radius 1 is 1.57 bits per heavy atom. The fraction of sp³-hybridized carbons (Fsp3) is 0.467. The molecule has 0 aliphatic carbocycles. The highest BCUT2D eigenvalue weighted by atomic mass is 32.1. The molecular weight excluding hydrogens is 284 g/mol. The predicted octanol–water partition coefficient (Wildman–Crippen LogP) is 2.18. The maximum absolute atomic E-state index is 11.4. The van der Waals surface area contributed by atoms with Crippen LogP contribution in [0.3, 0.4) is 0 Å². The summed E-state index contributed by atoms with van der Waals surface area (Å²) >= 11 is 1.66. The molecule has 0 saturated carbocycles. The highest BCUT2D eigenvalue weighted by molar-refractivity contribution is 7.22. The summed E-state index contributed by atoms with van der Waals surface area (Å²) in [5.41, 5.74) is 7.58. The van der Waals surface area contributed by atoms with Crippen LogP contribution in [0.5, 0.6) is 0 Å². The minimum Gasteiger partial charge on any atom is -0.399 e. The van der Waals surface area contributed by atoms with Gasteiger partial charge in [0.1, 0.15) is 0 Å². The molecule has 1 aromatic carbocycles. The molecule has 1 saturated heterocycles. The highest BCUT2D eigenvalue weighted by Crippen LogP contribution is 2.30. The van der Waals surface area contributed by atoms with Crippen LogP contribution in [-0.2, 0) is 4.79 Å². The van der Waals surface area contributed by atoms with Crippen molar-refractivity contribution in [1.82, 2.24) is 9.88 Å². The summed E-state index contributed by atoms with van der Waals surface area (Å²) < 4.78 is 1.12. The van der Waals surface area contributed by atoms with Gasteiger partial charge in [-0.25, -0.2) is 4.98 Å². The van der Waals surface area contributed by atoms with E-state index in [0.29, 0.717) is 5.92 Å². The second-order valence-electron chi connectivity index (χ2n) is 5.72. The number of hydrogen-bond acceptors (Lipinski definition) is 5. The summed E-state index contributed by atoms with van der Waals surface area (Å²) in [7, 11) is 2.07. The van der Waals surface area contributed by atoms with Crippen molar-refractivity contribution in [2.45, 2.75) is 13.3 Å². The van der Waals surface area contributed by atoms with Gasteiger partial charge in [-0.1, -0.05) is 11.3 Å². The number of anilines is 2. The van der Waals surface area contributed by atoms with E-state index in [1.807, 2.05) is 23.1 Å². The Morgan fingerprint density at radius 2 is 2.38 bits per heavy atom. The molecular formula is C15H20N4OS. The van der Waals surface area contributed by atoms with Crippen LogP contribution in [0.1, 0.15) is 13.3 Å². The van der Waals surface area contributed by atoms with Crippen molar-refractivity contribution in [3.63, 3.8) is 0 Å². The standard InChI is InChI=1S/C15H20N4OS/c1-10(20)19-6-5-11(9-19)8-18(2)15-17-13-4-3-12(16)7-14(13)21-15/h3-4,7,11H,5-6,8-9,16H2,1-2H3. The number of carbonyl (C=O) groups is 1. The molecule has 3 rings (SSSR count). The number of thiazole rings is 1. The van der Waals surface area contributed by atoms with Gasteiger partial charge in [0.15, 0.2) is 5.13 Å². The molecule has 1 atom stereocenters. The van der Waals surface area contributed by atoms with Crippen LogP contribution in [0.2, 0.25) is 0 Å². The number of nitrogens with two attached hydrogens (primary N) is 1. The number of benzene rings is 1. The van der Waals surface area contributed by atoms with Gasteiger partial charge in [0.25, 0.3) is 0 Å². The fourth-order valence-corrected chi connectivity index (χ4v) is 3.81. The zero-order chi connectivity index (χ0) is 15.0. The van der Waals surface area contributed by atoms with E-state index < -0.39 is 0 Å². The molecule has 0 radical (unpaired) electrons. The lowest BCUT2D eigenvalue weighted by molar-refractivity contribution is -0.127. The lowest BCUT2D eigenvalue weighted by Gasteiger charge is -2.20. The summed E-state index contributed by atoms with van der Waals surface area (Å²) in [5.74, 6) is 0.701. The van der Waals surface area contributed by atoms with Crippen LogP contribution in [0.4, 0.5) is 10.8 Å². The van der Waals surface area contributed by atoms with Crippen molar-refractivity contribution >= 4 is 38.3 Å². The predicted molar refractivity (Wildman–Crippen MR) is 87.7 cm³/mol. The fourth-order valence-electron chi connectivity index (χ4n) is 2.83. The van der Waals surface area contributed by atoms with Crippen LogP contribution in [-0.4, -0.2) is 42.5 Å². The Hall–Kier alpha value is -1.82. The van der Waals surface area contributed by atoms with E-state index >= 15 is 0 Å². The molecule has 21 heavy (non-hydrogen) atoms. The number of fused-ring (bicyclic) bond motifs is 1. The van der Waals surface area contributed by atoms with Gasteiger partial charge in [0.2, 0.25) is 5.91 Å². The van der Waals surface area contributed by atoms with Gasteiger partial charge in [-0.2, -0.15) is 0 Å². The Kier molecular flexibility index (Phi) is 3.71. The van der Waals surface area contributed by atoms with E-state index in [1.165, 1.54) is 0 Å². The Bertz CT molecular complexity index is 669. The number of rotatable bonds is 3. The molecule has 6 heteroatoms.